The molecule has 150 valence electrons. The third kappa shape index (κ3) is 3.66. The number of amides is 1. The third-order valence-corrected chi connectivity index (χ3v) is 6.04. The SMILES string of the molecule is O=C1COc2ccc(CCN3CCN(c4c(Cl)ccc5[nH]ccc45)CC3)cc2N1. The molecule has 2 aliphatic heterocycles. The highest BCUT2D eigenvalue weighted by Crippen LogP contribution is 2.34. The molecule has 0 aliphatic carbocycles. The Morgan fingerprint density at radius 1 is 1.07 bits per heavy atom. The number of nitrogens with one attached hydrogen (secondary N) is 2. The Balaban J connectivity index is 1.21. The summed E-state index contributed by atoms with van der Waals surface area (Å²) in [4.78, 5) is 19.7. The Bertz CT molecular complexity index is 1060. The summed E-state index contributed by atoms with van der Waals surface area (Å²) >= 11 is 6.53. The van der Waals surface area contributed by atoms with Crippen LogP contribution in [0.15, 0.2) is 42.6 Å². The summed E-state index contributed by atoms with van der Waals surface area (Å²) < 4.78 is 5.43. The molecule has 1 saturated heterocycles. The summed E-state index contributed by atoms with van der Waals surface area (Å²) in [5.41, 5.74) is 4.24. The van der Waals surface area contributed by atoms with E-state index < -0.39 is 0 Å². The van der Waals surface area contributed by atoms with Crippen molar-refractivity contribution in [1.82, 2.24) is 9.88 Å². The number of halogens is 1. The molecular formula is C22H23ClN4O2. The zero-order chi connectivity index (χ0) is 19.8. The molecule has 0 spiro atoms. The number of aromatic amines is 1. The molecule has 0 saturated carbocycles. The van der Waals surface area contributed by atoms with Gasteiger partial charge in [-0.05, 0) is 42.3 Å². The van der Waals surface area contributed by atoms with E-state index in [9.17, 15) is 4.79 Å². The smallest absolute Gasteiger partial charge is 0.262 e. The summed E-state index contributed by atoms with van der Waals surface area (Å²) in [5, 5.41) is 4.87. The van der Waals surface area contributed by atoms with Gasteiger partial charge in [0.05, 0.1) is 16.4 Å². The highest BCUT2D eigenvalue weighted by atomic mass is 35.5. The number of ether oxygens (including phenoxy) is 1. The van der Waals surface area contributed by atoms with Crippen molar-refractivity contribution in [1.29, 1.82) is 0 Å². The highest BCUT2D eigenvalue weighted by Gasteiger charge is 2.21. The van der Waals surface area contributed by atoms with E-state index in [0.717, 1.165) is 66.8 Å². The minimum Gasteiger partial charge on any atom is -0.482 e. The summed E-state index contributed by atoms with van der Waals surface area (Å²) in [6, 6.07) is 12.2. The maximum Gasteiger partial charge on any atom is 0.262 e. The molecule has 6 nitrogen and oxygen atoms in total. The number of aromatic nitrogens is 1. The second-order valence-corrected chi connectivity index (χ2v) is 7.99. The Labute approximate surface area is 174 Å². The van der Waals surface area contributed by atoms with E-state index in [2.05, 4.69) is 32.2 Å². The number of carbonyl (C=O) groups is 1. The lowest BCUT2D eigenvalue weighted by Gasteiger charge is -2.37. The molecule has 5 rings (SSSR count). The number of benzene rings is 2. The van der Waals surface area contributed by atoms with Gasteiger partial charge in [0.2, 0.25) is 0 Å². The molecule has 2 aromatic carbocycles. The Kier molecular flexibility index (Phi) is 4.81. The van der Waals surface area contributed by atoms with Gasteiger partial charge >= 0.3 is 0 Å². The topological polar surface area (TPSA) is 60.6 Å². The van der Waals surface area contributed by atoms with Crippen LogP contribution in [0.25, 0.3) is 10.9 Å². The van der Waals surface area contributed by atoms with Crippen molar-refractivity contribution < 1.29 is 9.53 Å². The molecule has 0 unspecified atom stereocenters. The van der Waals surface area contributed by atoms with Crippen LogP contribution in [0.3, 0.4) is 0 Å². The van der Waals surface area contributed by atoms with Gasteiger partial charge in [-0.25, -0.2) is 0 Å². The molecule has 7 heteroatoms. The van der Waals surface area contributed by atoms with E-state index in [0.29, 0.717) is 0 Å². The van der Waals surface area contributed by atoms with Gasteiger partial charge in [-0.2, -0.15) is 0 Å². The van der Waals surface area contributed by atoms with E-state index >= 15 is 0 Å². The van der Waals surface area contributed by atoms with Gasteiger partial charge in [-0.1, -0.05) is 17.7 Å². The second-order valence-electron chi connectivity index (χ2n) is 7.58. The highest BCUT2D eigenvalue weighted by molar-refractivity contribution is 6.35. The quantitative estimate of drug-likeness (QED) is 0.691. The molecule has 0 bridgehead atoms. The predicted molar refractivity (Wildman–Crippen MR) is 116 cm³/mol. The number of hydrogen-bond donors (Lipinski definition) is 2. The number of hydrogen-bond acceptors (Lipinski definition) is 4. The van der Waals surface area contributed by atoms with Crippen molar-refractivity contribution in [3.05, 3.63) is 53.2 Å². The normalized spacial score (nSPS) is 17.1. The van der Waals surface area contributed by atoms with Gasteiger partial charge in [-0.3, -0.25) is 9.69 Å². The van der Waals surface area contributed by atoms with Gasteiger partial charge in [0.15, 0.2) is 6.61 Å². The van der Waals surface area contributed by atoms with E-state index in [1.54, 1.807) is 0 Å². The number of nitrogens with zero attached hydrogens (tertiary/aromatic N) is 2. The molecule has 2 aliphatic rings. The molecule has 2 N–H and O–H groups in total. The summed E-state index contributed by atoms with van der Waals surface area (Å²) in [7, 11) is 0. The molecule has 0 radical (unpaired) electrons. The van der Waals surface area contributed by atoms with Gasteiger partial charge in [0.25, 0.3) is 5.91 Å². The van der Waals surface area contributed by atoms with Crippen LogP contribution in [0.4, 0.5) is 11.4 Å². The fourth-order valence-corrected chi connectivity index (χ4v) is 4.46. The number of anilines is 2. The Morgan fingerprint density at radius 3 is 2.79 bits per heavy atom. The van der Waals surface area contributed by atoms with Crippen LogP contribution < -0.4 is 15.0 Å². The first-order valence-electron chi connectivity index (χ1n) is 9.96. The van der Waals surface area contributed by atoms with Crippen LogP contribution in [-0.4, -0.2) is 55.1 Å². The molecule has 1 fully saturated rings. The van der Waals surface area contributed by atoms with Gasteiger partial charge < -0.3 is 19.9 Å². The average Bonchev–Trinajstić information content (AvgIpc) is 3.21. The Morgan fingerprint density at radius 2 is 1.93 bits per heavy atom. The lowest BCUT2D eigenvalue weighted by Crippen LogP contribution is -2.47. The number of fused-ring (bicyclic) bond motifs is 2. The lowest BCUT2D eigenvalue weighted by molar-refractivity contribution is -0.118. The zero-order valence-electron chi connectivity index (χ0n) is 16.1. The first kappa shape index (κ1) is 18.3. The van der Waals surface area contributed by atoms with Crippen LogP contribution in [0.1, 0.15) is 5.56 Å². The third-order valence-electron chi connectivity index (χ3n) is 5.74. The summed E-state index contributed by atoms with van der Waals surface area (Å²) in [6.45, 7) is 5.00. The number of piperazine rings is 1. The molecule has 29 heavy (non-hydrogen) atoms. The molecule has 3 heterocycles. The zero-order valence-corrected chi connectivity index (χ0v) is 16.8. The van der Waals surface area contributed by atoms with Crippen molar-refractivity contribution in [3.63, 3.8) is 0 Å². The average molecular weight is 411 g/mol. The minimum atomic E-state index is -0.0955. The van der Waals surface area contributed by atoms with Gasteiger partial charge in [0, 0.05) is 49.8 Å². The number of rotatable bonds is 4. The van der Waals surface area contributed by atoms with E-state index in [4.69, 9.17) is 16.3 Å². The van der Waals surface area contributed by atoms with Gasteiger partial charge in [0.1, 0.15) is 5.75 Å². The summed E-state index contributed by atoms with van der Waals surface area (Å²) in [5.74, 6) is 0.652. The molecule has 1 amide bonds. The standard InChI is InChI=1S/C22H23ClN4O2/c23-17-2-3-18-16(5-7-24-18)22(17)27-11-9-26(10-12-27)8-6-15-1-4-20-19(13-15)25-21(28)14-29-20/h1-5,7,13,24H,6,8-12,14H2,(H,25,28). The van der Waals surface area contributed by atoms with Crippen molar-refractivity contribution in [3.8, 4) is 5.75 Å². The van der Waals surface area contributed by atoms with Crippen LogP contribution in [0.5, 0.6) is 5.75 Å². The first-order chi connectivity index (χ1) is 14.2. The van der Waals surface area contributed by atoms with Crippen LogP contribution >= 0.6 is 11.6 Å². The molecule has 1 aromatic heterocycles. The van der Waals surface area contributed by atoms with Crippen LogP contribution in [0.2, 0.25) is 5.02 Å². The first-order valence-corrected chi connectivity index (χ1v) is 10.3. The Hall–Kier alpha value is -2.70. The molecule has 3 aromatic rings. The fourth-order valence-electron chi connectivity index (χ4n) is 4.18. The monoisotopic (exact) mass is 410 g/mol. The molecule has 0 atom stereocenters. The number of carbonyl (C=O) groups excluding carboxylic acids is 1. The number of H-pyrrole nitrogens is 1. The minimum absolute atomic E-state index is 0.0944. The fraction of sp³-hybridized carbons (Fsp3) is 0.318. The lowest BCUT2D eigenvalue weighted by atomic mass is 10.1. The van der Waals surface area contributed by atoms with E-state index in [-0.39, 0.29) is 12.5 Å². The van der Waals surface area contributed by atoms with E-state index in [1.165, 1.54) is 10.9 Å². The maximum absolute atomic E-state index is 11.5. The predicted octanol–water partition coefficient (Wildman–Crippen LogP) is 3.52. The van der Waals surface area contributed by atoms with Crippen molar-refractivity contribution >= 4 is 39.8 Å². The summed E-state index contributed by atoms with van der Waals surface area (Å²) in [6.07, 6.45) is 2.91. The van der Waals surface area contributed by atoms with Crippen LogP contribution in [0, 0.1) is 0 Å². The largest absolute Gasteiger partial charge is 0.482 e. The van der Waals surface area contributed by atoms with Crippen molar-refractivity contribution in [2.24, 2.45) is 0 Å². The molecular weight excluding hydrogens is 388 g/mol. The van der Waals surface area contributed by atoms with E-state index in [1.807, 2.05) is 30.5 Å². The second kappa shape index (κ2) is 7.61. The van der Waals surface area contributed by atoms with Crippen LogP contribution in [-0.2, 0) is 11.2 Å². The van der Waals surface area contributed by atoms with Crippen molar-refractivity contribution in [2.45, 2.75) is 6.42 Å². The van der Waals surface area contributed by atoms with Crippen molar-refractivity contribution in [2.75, 3.05) is 49.5 Å². The van der Waals surface area contributed by atoms with Gasteiger partial charge in [-0.15, -0.1) is 0 Å². The maximum atomic E-state index is 11.5.